The molecule has 0 spiro atoms. The van der Waals surface area contributed by atoms with Crippen LogP contribution in [0.1, 0.15) is 0 Å². The molecule has 17 heavy (non-hydrogen) atoms. The van der Waals surface area contributed by atoms with E-state index in [1.165, 1.54) is 0 Å². The predicted molar refractivity (Wildman–Crippen MR) is 65.6 cm³/mol. The van der Waals surface area contributed by atoms with Crippen molar-refractivity contribution in [2.24, 2.45) is 5.84 Å². The number of nitrogens with one attached hydrogen (secondary N) is 2. The summed E-state index contributed by atoms with van der Waals surface area (Å²) in [5, 5.41) is 3.21. The molecule has 1 saturated heterocycles. The third-order valence-electron chi connectivity index (χ3n) is 2.64. The van der Waals surface area contributed by atoms with Gasteiger partial charge < -0.3 is 15.0 Å². The molecule has 0 radical (unpaired) electrons. The van der Waals surface area contributed by atoms with Crippen molar-refractivity contribution >= 4 is 11.8 Å². The molecule has 1 aliphatic heterocycles. The van der Waals surface area contributed by atoms with Crippen LogP contribution in [0.4, 0.5) is 11.8 Å². The highest BCUT2D eigenvalue weighted by Crippen LogP contribution is 2.07. The monoisotopic (exact) mass is 238 g/mol. The van der Waals surface area contributed by atoms with E-state index in [-0.39, 0.29) is 6.10 Å². The second-order valence-corrected chi connectivity index (χ2v) is 4.05. The molecule has 0 aromatic carbocycles. The van der Waals surface area contributed by atoms with Gasteiger partial charge in [0, 0.05) is 25.8 Å². The maximum Gasteiger partial charge on any atom is 0.239 e. The minimum Gasteiger partial charge on any atom is -0.374 e. The van der Waals surface area contributed by atoms with Crippen LogP contribution in [0.25, 0.3) is 0 Å². The maximum absolute atomic E-state index is 5.64. The molecule has 0 saturated carbocycles. The molecule has 0 bridgehead atoms. The molecule has 94 valence electrons. The molecular formula is C10H18N6O. The Balaban J connectivity index is 1.84. The Hall–Kier alpha value is -1.44. The van der Waals surface area contributed by atoms with Crippen molar-refractivity contribution in [3.05, 3.63) is 12.3 Å². The van der Waals surface area contributed by atoms with Gasteiger partial charge in [0.25, 0.3) is 0 Å². The molecule has 1 aromatic heterocycles. The van der Waals surface area contributed by atoms with E-state index in [0.717, 1.165) is 32.1 Å². The van der Waals surface area contributed by atoms with E-state index in [1.54, 1.807) is 12.3 Å². The molecule has 1 fully saturated rings. The zero-order valence-corrected chi connectivity index (χ0v) is 9.89. The topological polar surface area (TPSA) is 88.3 Å². The summed E-state index contributed by atoms with van der Waals surface area (Å²) in [6, 6.07) is 1.80. The van der Waals surface area contributed by atoms with Gasteiger partial charge in [-0.3, -0.25) is 5.43 Å². The Kier molecular flexibility index (Phi) is 4.08. The van der Waals surface area contributed by atoms with Crippen LogP contribution < -0.4 is 16.6 Å². The Morgan fingerprint density at radius 1 is 1.65 bits per heavy atom. The van der Waals surface area contributed by atoms with Crippen LogP contribution >= 0.6 is 0 Å². The number of hydrazine groups is 1. The van der Waals surface area contributed by atoms with Gasteiger partial charge in [-0.1, -0.05) is 0 Å². The maximum atomic E-state index is 5.64. The predicted octanol–water partition coefficient (Wildman–Crippen LogP) is -0.495. The van der Waals surface area contributed by atoms with Gasteiger partial charge in [-0.05, 0) is 13.1 Å². The van der Waals surface area contributed by atoms with Crippen LogP contribution in [0, 0.1) is 0 Å². The molecule has 0 amide bonds. The molecule has 1 aromatic rings. The Labute approximate surface area is 100 Å². The first kappa shape index (κ1) is 12.0. The number of likely N-dealkylation sites (N-methyl/N-ethyl adjacent to an activating group) is 1. The van der Waals surface area contributed by atoms with Crippen molar-refractivity contribution in [3.8, 4) is 0 Å². The molecule has 0 aliphatic carbocycles. The van der Waals surface area contributed by atoms with Gasteiger partial charge in [0.05, 0.1) is 12.7 Å². The lowest BCUT2D eigenvalue weighted by atomic mass is 10.3. The van der Waals surface area contributed by atoms with Gasteiger partial charge in [-0.15, -0.1) is 0 Å². The molecule has 2 rings (SSSR count). The second-order valence-electron chi connectivity index (χ2n) is 4.05. The number of hydrogen-bond donors (Lipinski definition) is 3. The van der Waals surface area contributed by atoms with Crippen LogP contribution in [0.5, 0.6) is 0 Å². The van der Waals surface area contributed by atoms with Crippen molar-refractivity contribution in [1.82, 2.24) is 14.9 Å². The highest BCUT2D eigenvalue weighted by molar-refractivity contribution is 5.38. The number of rotatable bonds is 4. The van der Waals surface area contributed by atoms with Crippen molar-refractivity contribution in [2.45, 2.75) is 6.10 Å². The molecule has 1 unspecified atom stereocenters. The first-order valence-electron chi connectivity index (χ1n) is 5.61. The largest absolute Gasteiger partial charge is 0.374 e. The number of nitrogens with two attached hydrogens (primary N) is 1. The second kappa shape index (κ2) is 5.76. The number of nitrogen functional groups attached to an aromatic ring is 1. The van der Waals surface area contributed by atoms with Gasteiger partial charge in [-0.25, -0.2) is 10.8 Å². The Bertz CT molecular complexity index is 360. The zero-order valence-electron chi connectivity index (χ0n) is 9.89. The fraction of sp³-hybridized carbons (Fsp3) is 0.600. The highest BCUT2D eigenvalue weighted by atomic mass is 16.5. The van der Waals surface area contributed by atoms with Crippen LogP contribution in [-0.4, -0.2) is 54.3 Å². The summed E-state index contributed by atoms with van der Waals surface area (Å²) < 4.78 is 5.64. The van der Waals surface area contributed by atoms with Gasteiger partial charge in [0.15, 0.2) is 0 Å². The van der Waals surface area contributed by atoms with E-state index in [9.17, 15) is 0 Å². The van der Waals surface area contributed by atoms with Gasteiger partial charge >= 0.3 is 0 Å². The van der Waals surface area contributed by atoms with Crippen LogP contribution in [0.3, 0.4) is 0 Å². The Morgan fingerprint density at radius 3 is 3.29 bits per heavy atom. The van der Waals surface area contributed by atoms with Crippen molar-refractivity contribution in [1.29, 1.82) is 0 Å². The molecule has 1 atom stereocenters. The Morgan fingerprint density at radius 2 is 2.53 bits per heavy atom. The number of nitrogens with zero attached hydrogens (tertiary/aromatic N) is 3. The van der Waals surface area contributed by atoms with Gasteiger partial charge in [0.2, 0.25) is 5.95 Å². The van der Waals surface area contributed by atoms with Crippen LogP contribution in [-0.2, 0) is 4.74 Å². The molecule has 7 heteroatoms. The molecule has 2 heterocycles. The number of ether oxygens (including phenoxy) is 1. The summed E-state index contributed by atoms with van der Waals surface area (Å²) in [5.41, 5.74) is 2.41. The fourth-order valence-corrected chi connectivity index (χ4v) is 1.74. The smallest absolute Gasteiger partial charge is 0.239 e. The highest BCUT2D eigenvalue weighted by Gasteiger charge is 2.17. The SMILES string of the molecule is CN1CCOC(CNc2ccnc(NN)n2)C1. The van der Waals surface area contributed by atoms with Crippen LogP contribution in [0.2, 0.25) is 0 Å². The van der Waals surface area contributed by atoms with Gasteiger partial charge in [0.1, 0.15) is 5.82 Å². The lowest BCUT2D eigenvalue weighted by molar-refractivity contribution is -0.0117. The van der Waals surface area contributed by atoms with Crippen molar-refractivity contribution < 1.29 is 4.74 Å². The van der Waals surface area contributed by atoms with E-state index >= 15 is 0 Å². The van der Waals surface area contributed by atoms with E-state index < -0.39 is 0 Å². The summed E-state index contributed by atoms with van der Waals surface area (Å²) in [6.07, 6.45) is 1.84. The summed E-state index contributed by atoms with van der Waals surface area (Å²) in [5.74, 6) is 6.38. The summed E-state index contributed by atoms with van der Waals surface area (Å²) in [7, 11) is 2.09. The lowest BCUT2D eigenvalue weighted by Gasteiger charge is -2.30. The normalized spacial score (nSPS) is 21.2. The summed E-state index contributed by atoms with van der Waals surface area (Å²) >= 11 is 0. The van der Waals surface area contributed by atoms with E-state index in [4.69, 9.17) is 10.6 Å². The zero-order chi connectivity index (χ0) is 12.1. The third kappa shape index (κ3) is 3.52. The molecule has 7 nitrogen and oxygen atoms in total. The summed E-state index contributed by atoms with van der Waals surface area (Å²) in [6.45, 7) is 3.43. The lowest BCUT2D eigenvalue weighted by Crippen LogP contribution is -2.43. The molecule has 1 aliphatic rings. The summed E-state index contributed by atoms with van der Waals surface area (Å²) in [4.78, 5) is 10.4. The van der Waals surface area contributed by atoms with Crippen LogP contribution in [0.15, 0.2) is 12.3 Å². The minimum atomic E-state index is 0.193. The first-order chi connectivity index (χ1) is 8.28. The van der Waals surface area contributed by atoms with E-state index in [1.807, 2.05) is 0 Å². The van der Waals surface area contributed by atoms with Crippen molar-refractivity contribution in [2.75, 3.05) is 44.0 Å². The number of anilines is 2. The van der Waals surface area contributed by atoms with E-state index in [2.05, 4.69) is 32.7 Å². The standard InChI is InChI=1S/C10H18N6O/c1-16-4-5-17-8(7-16)6-13-9-2-3-12-10(14-9)15-11/h2-3,8H,4-7,11H2,1H3,(H2,12,13,14,15). The van der Waals surface area contributed by atoms with Gasteiger partial charge in [-0.2, -0.15) is 4.98 Å². The molecular weight excluding hydrogens is 220 g/mol. The van der Waals surface area contributed by atoms with Crippen molar-refractivity contribution in [3.63, 3.8) is 0 Å². The fourth-order valence-electron chi connectivity index (χ4n) is 1.74. The quantitative estimate of drug-likeness (QED) is 0.481. The number of aromatic nitrogens is 2. The number of hydrogen-bond acceptors (Lipinski definition) is 7. The van der Waals surface area contributed by atoms with E-state index in [0.29, 0.717) is 5.95 Å². The molecule has 4 N–H and O–H groups in total. The minimum absolute atomic E-state index is 0.193. The number of morpholine rings is 1. The average molecular weight is 238 g/mol. The average Bonchev–Trinajstić information content (AvgIpc) is 2.37. The first-order valence-corrected chi connectivity index (χ1v) is 5.61. The third-order valence-corrected chi connectivity index (χ3v) is 2.64.